The van der Waals surface area contributed by atoms with Gasteiger partial charge in [-0.1, -0.05) is 23.7 Å². The van der Waals surface area contributed by atoms with Crippen LogP contribution in [0, 0.1) is 6.92 Å². The van der Waals surface area contributed by atoms with Crippen LogP contribution >= 0.6 is 11.6 Å². The first-order valence-corrected chi connectivity index (χ1v) is 5.94. The Kier molecular flexibility index (Phi) is 3.71. The van der Waals surface area contributed by atoms with Gasteiger partial charge < -0.3 is 5.32 Å². The van der Waals surface area contributed by atoms with Gasteiger partial charge in [0.25, 0.3) is 0 Å². The van der Waals surface area contributed by atoms with Crippen LogP contribution in [0.1, 0.15) is 11.1 Å². The summed E-state index contributed by atoms with van der Waals surface area (Å²) in [7, 11) is 0. The average molecular weight is 286 g/mol. The van der Waals surface area contributed by atoms with Gasteiger partial charge in [-0.15, -0.1) is 0 Å². The quantitative estimate of drug-likeness (QED) is 0.778. The lowest BCUT2D eigenvalue weighted by Gasteiger charge is -2.12. The van der Waals surface area contributed by atoms with Crippen LogP contribution in [-0.4, -0.2) is 0 Å². The molecule has 19 heavy (non-hydrogen) atoms. The second-order valence-electron chi connectivity index (χ2n) is 4.16. The smallest absolute Gasteiger partial charge is 0.355 e. The molecule has 2 rings (SSSR count). The number of nitrogens with one attached hydrogen (secondary N) is 1. The number of benzene rings is 2. The molecule has 0 spiro atoms. The van der Waals surface area contributed by atoms with Crippen LogP contribution in [-0.2, 0) is 6.18 Å². The molecule has 1 N–H and O–H groups in total. The van der Waals surface area contributed by atoms with E-state index in [0.717, 1.165) is 17.7 Å². The summed E-state index contributed by atoms with van der Waals surface area (Å²) in [5, 5.41) is 3.47. The van der Waals surface area contributed by atoms with Crippen LogP contribution in [0.5, 0.6) is 0 Å². The lowest BCUT2D eigenvalue weighted by Crippen LogP contribution is -2.05. The number of hydrogen-bond acceptors (Lipinski definition) is 1. The summed E-state index contributed by atoms with van der Waals surface area (Å²) >= 11 is 5.87. The fraction of sp³-hybridized carbons (Fsp3) is 0.143. The normalized spacial score (nSPS) is 11.4. The van der Waals surface area contributed by atoms with E-state index in [1.807, 2.05) is 6.92 Å². The van der Waals surface area contributed by atoms with Gasteiger partial charge in [0, 0.05) is 16.4 Å². The third kappa shape index (κ3) is 3.41. The molecule has 0 aromatic heterocycles. The molecule has 2 aromatic rings. The highest BCUT2D eigenvalue weighted by Crippen LogP contribution is 2.32. The van der Waals surface area contributed by atoms with Gasteiger partial charge in [0.15, 0.2) is 0 Å². The van der Waals surface area contributed by atoms with Crippen molar-refractivity contribution in [1.29, 1.82) is 0 Å². The van der Waals surface area contributed by atoms with E-state index in [-0.39, 0.29) is 0 Å². The van der Waals surface area contributed by atoms with Crippen molar-refractivity contribution in [3.63, 3.8) is 0 Å². The topological polar surface area (TPSA) is 12.0 Å². The van der Waals surface area contributed by atoms with Crippen molar-refractivity contribution in [3.05, 3.63) is 58.6 Å². The summed E-state index contributed by atoms with van der Waals surface area (Å²) in [6.07, 6.45) is -4.35. The van der Waals surface area contributed by atoms with Crippen molar-refractivity contribution < 1.29 is 13.2 Å². The zero-order chi connectivity index (χ0) is 14.0. The van der Waals surface area contributed by atoms with Gasteiger partial charge in [0.1, 0.15) is 0 Å². The molecule has 2 aromatic carbocycles. The number of aryl methyl sites for hydroxylation is 1. The van der Waals surface area contributed by atoms with Gasteiger partial charge in [0.05, 0.1) is 5.56 Å². The Hall–Kier alpha value is -1.68. The van der Waals surface area contributed by atoms with Gasteiger partial charge in [0.2, 0.25) is 0 Å². The number of halogens is 4. The molecule has 0 atom stereocenters. The summed E-state index contributed by atoms with van der Waals surface area (Å²) in [6, 6.07) is 10.3. The fourth-order valence-corrected chi connectivity index (χ4v) is 1.83. The van der Waals surface area contributed by atoms with E-state index >= 15 is 0 Å². The maximum atomic E-state index is 12.6. The molecule has 0 unspecified atom stereocenters. The Morgan fingerprint density at radius 1 is 1.05 bits per heavy atom. The zero-order valence-corrected chi connectivity index (χ0v) is 10.8. The van der Waals surface area contributed by atoms with Crippen LogP contribution in [0.2, 0.25) is 5.02 Å². The maximum absolute atomic E-state index is 12.6. The van der Waals surface area contributed by atoms with Crippen LogP contribution in [0.3, 0.4) is 0 Å². The first-order chi connectivity index (χ1) is 8.86. The van der Waals surface area contributed by atoms with E-state index in [4.69, 9.17) is 11.6 Å². The van der Waals surface area contributed by atoms with Crippen LogP contribution in [0.4, 0.5) is 24.5 Å². The zero-order valence-electron chi connectivity index (χ0n) is 10.1. The third-order valence-electron chi connectivity index (χ3n) is 2.67. The molecule has 0 aliphatic heterocycles. The number of alkyl halides is 3. The minimum absolute atomic E-state index is 0.375. The Morgan fingerprint density at radius 3 is 2.47 bits per heavy atom. The van der Waals surface area contributed by atoms with Crippen LogP contribution < -0.4 is 5.32 Å². The summed E-state index contributed by atoms with van der Waals surface area (Å²) in [6.45, 7) is 1.85. The van der Waals surface area contributed by atoms with E-state index < -0.39 is 11.7 Å². The monoisotopic (exact) mass is 285 g/mol. The second kappa shape index (κ2) is 5.13. The van der Waals surface area contributed by atoms with E-state index in [0.29, 0.717) is 16.4 Å². The fourth-order valence-electron chi connectivity index (χ4n) is 1.66. The molecule has 0 fully saturated rings. The highest BCUT2D eigenvalue weighted by Gasteiger charge is 2.30. The largest absolute Gasteiger partial charge is 0.416 e. The highest BCUT2D eigenvalue weighted by molar-refractivity contribution is 6.30. The third-order valence-corrected chi connectivity index (χ3v) is 2.90. The Balaban J connectivity index is 2.31. The second-order valence-corrected chi connectivity index (χ2v) is 4.60. The van der Waals surface area contributed by atoms with Crippen molar-refractivity contribution in [3.8, 4) is 0 Å². The predicted molar refractivity (Wildman–Crippen MR) is 70.9 cm³/mol. The Morgan fingerprint density at radius 2 is 1.79 bits per heavy atom. The van der Waals surface area contributed by atoms with Crippen molar-refractivity contribution in [2.75, 3.05) is 5.32 Å². The minimum atomic E-state index is -4.35. The van der Waals surface area contributed by atoms with Crippen molar-refractivity contribution in [1.82, 2.24) is 0 Å². The van der Waals surface area contributed by atoms with Gasteiger partial charge in [-0.3, -0.25) is 0 Å². The SMILES string of the molecule is Cc1ccc(Cl)cc1Nc1cccc(C(F)(F)F)c1. The Bertz CT molecular complexity index is 593. The number of rotatable bonds is 2. The van der Waals surface area contributed by atoms with E-state index in [1.54, 1.807) is 24.3 Å². The maximum Gasteiger partial charge on any atom is 0.416 e. The molecular weight excluding hydrogens is 275 g/mol. The molecular formula is C14H11ClF3N. The first-order valence-electron chi connectivity index (χ1n) is 5.57. The highest BCUT2D eigenvalue weighted by atomic mass is 35.5. The molecule has 100 valence electrons. The summed E-state index contributed by atoms with van der Waals surface area (Å²) in [5.74, 6) is 0. The Labute approximate surface area is 114 Å². The number of hydrogen-bond donors (Lipinski definition) is 1. The molecule has 0 heterocycles. The average Bonchev–Trinajstić information content (AvgIpc) is 2.33. The van der Waals surface area contributed by atoms with Gasteiger partial charge >= 0.3 is 6.18 Å². The molecule has 0 aliphatic rings. The first kappa shape index (κ1) is 13.7. The van der Waals surface area contributed by atoms with Gasteiger partial charge in [-0.2, -0.15) is 13.2 Å². The number of anilines is 2. The van der Waals surface area contributed by atoms with Crippen LogP contribution in [0.15, 0.2) is 42.5 Å². The molecule has 0 amide bonds. The van der Waals surface area contributed by atoms with Crippen LogP contribution in [0.25, 0.3) is 0 Å². The summed E-state index contributed by atoms with van der Waals surface area (Å²) in [5.41, 5.74) is 1.28. The van der Waals surface area contributed by atoms with Crippen molar-refractivity contribution >= 4 is 23.0 Å². The summed E-state index contributed by atoms with van der Waals surface area (Å²) < 4.78 is 37.8. The molecule has 5 heteroatoms. The minimum Gasteiger partial charge on any atom is -0.355 e. The van der Waals surface area contributed by atoms with E-state index in [2.05, 4.69) is 5.32 Å². The van der Waals surface area contributed by atoms with E-state index in [9.17, 15) is 13.2 Å². The molecule has 0 aliphatic carbocycles. The van der Waals surface area contributed by atoms with Gasteiger partial charge in [-0.05, 0) is 42.8 Å². The van der Waals surface area contributed by atoms with Crippen molar-refractivity contribution in [2.24, 2.45) is 0 Å². The van der Waals surface area contributed by atoms with E-state index in [1.165, 1.54) is 6.07 Å². The summed E-state index contributed by atoms with van der Waals surface area (Å²) in [4.78, 5) is 0. The van der Waals surface area contributed by atoms with Gasteiger partial charge in [-0.25, -0.2) is 0 Å². The lowest BCUT2D eigenvalue weighted by atomic mass is 10.1. The predicted octanol–water partition coefficient (Wildman–Crippen LogP) is 5.41. The lowest BCUT2D eigenvalue weighted by molar-refractivity contribution is -0.137. The molecule has 0 bridgehead atoms. The molecule has 1 nitrogen and oxygen atoms in total. The van der Waals surface area contributed by atoms with Crippen molar-refractivity contribution in [2.45, 2.75) is 13.1 Å². The standard InChI is InChI=1S/C14H11ClF3N/c1-9-5-6-11(15)8-13(9)19-12-4-2-3-10(7-12)14(16,17)18/h2-8,19H,1H3. The molecule has 0 radical (unpaired) electrons. The molecule has 0 saturated heterocycles. The molecule has 0 saturated carbocycles.